The van der Waals surface area contributed by atoms with Gasteiger partial charge in [-0.1, -0.05) is 22.0 Å². The molecule has 0 aliphatic heterocycles. The standard InChI is InChI=1S/C22H18BrN7O2/c23-15-5-6-29-12-25-17(18(29)7-15)9-24-21(31)22-28-27-20(32-22)8-16-11-30-10-14(13-1-2-13)3-4-19(30)26-16/h3-7,10-13H,1-2,8-9H2,(H,24,31). The van der Waals surface area contributed by atoms with E-state index in [2.05, 4.69) is 53.7 Å². The van der Waals surface area contributed by atoms with E-state index in [9.17, 15) is 4.79 Å². The Morgan fingerprint density at radius 1 is 1.19 bits per heavy atom. The highest BCUT2D eigenvalue weighted by Crippen LogP contribution is 2.39. The van der Waals surface area contributed by atoms with Gasteiger partial charge in [-0.05, 0) is 42.5 Å². The summed E-state index contributed by atoms with van der Waals surface area (Å²) in [6.07, 6.45) is 10.6. The van der Waals surface area contributed by atoms with Crippen LogP contribution in [-0.4, -0.2) is 34.9 Å². The molecule has 1 aliphatic rings. The van der Waals surface area contributed by atoms with E-state index in [0.29, 0.717) is 18.2 Å². The van der Waals surface area contributed by atoms with Crippen LogP contribution in [-0.2, 0) is 13.0 Å². The summed E-state index contributed by atoms with van der Waals surface area (Å²) in [4.78, 5) is 21.4. The van der Waals surface area contributed by atoms with E-state index >= 15 is 0 Å². The lowest BCUT2D eigenvalue weighted by Gasteiger charge is -2.01. The van der Waals surface area contributed by atoms with Gasteiger partial charge in [-0.15, -0.1) is 10.2 Å². The van der Waals surface area contributed by atoms with Gasteiger partial charge < -0.3 is 18.5 Å². The van der Waals surface area contributed by atoms with Crippen LogP contribution in [0.1, 0.15) is 52.3 Å². The molecule has 6 rings (SSSR count). The van der Waals surface area contributed by atoms with Gasteiger partial charge in [-0.3, -0.25) is 4.79 Å². The Morgan fingerprint density at radius 2 is 2.09 bits per heavy atom. The fourth-order valence-corrected chi connectivity index (χ4v) is 4.10. The van der Waals surface area contributed by atoms with Crippen LogP contribution < -0.4 is 5.32 Å². The first-order valence-corrected chi connectivity index (χ1v) is 11.1. The molecule has 1 fully saturated rings. The zero-order chi connectivity index (χ0) is 21.7. The zero-order valence-corrected chi connectivity index (χ0v) is 18.5. The van der Waals surface area contributed by atoms with Crippen LogP contribution in [0.2, 0.25) is 0 Å². The molecule has 0 saturated heterocycles. The van der Waals surface area contributed by atoms with Crippen LogP contribution in [0.3, 0.4) is 0 Å². The third-order valence-electron chi connectivity index (χ3n) is 5.56. The topological polar surface area (TPSA) is 103 Å². The number of aromatic nitrogens is 6. The predicted octanol–water partition coefficient (Wildman–Crippen LogP) is 3.53. The lowest BCUT2D eigenvalue weighted by atomic mass is 10.2. The second-order valence-corrected chi connectivity index (χ2v) is 8.84. The second-order valence-electron chi connectivity index (χ2n) is 7.92. The SMILES string of the molecule is O=C(NCc1ncn2ccc(Br)cc12)c1nnc(Cc2cn3cc(C4CC4)ccc3n2)o1. The van der Waals surface area contributed by atoms with Crippen LogP contribution in [0, 0.1) is 0 Å². The van der Waals surface area contributed by atoms with Crippen molar-refractivity contribution in [2.24, 2.45) is 0 Å². The van der Waals surface area contributed by atoms with Crippen molar-refractivity contribution in [3.05, 3.63) is 82.4 Å². The predicted molar refractivity (Wildman–Crippen MR) is 118 cm³/mol. The first-order valence-electron chi connectivity index (χ1n) is 10.3. The molecule has 5 aromatic rings. The van der Waals surface area contributed by atoms with Crippen molar-refractivity contribution in [3.8, 4) is 0 Å². The lowest BCUT2D eigenvalue weighted by Crippen LogP contribution is -2.23. The van der Waals surface area contributed by atoms with Gasteiger partial charge >= 0.3 is 11.8 Å². The summed E-state index contributed by atoms with van der Waals surface area (Å²) in [6.45, 7) is 0.249. The van der Waals surface area contributed by atoms with Gasteiger partial charge in [-0.25, -0.2) is 9.97 Å². The molecule has 10 heteroatoms. The number of carbonyl (C=O) groups is 1. The molecule has 1 aliphatic carbocycles. The van der Waals surface area contributed by atoms with Crippen molar-refractivity contribution in [1.82, 2.24) is 34.3 Å². The van der Waals surface area contributed by atoms with Crippen LogP contribution in [0.5, 0.6) is 0 Å². The van der Waals surface area contributed by atoms with E-state index in [1.807, 2.05) is 39.4 Å². The first kappa shape index (κ1) is 19.2. The van der Waals surface area contributed by atoms with Gasteiger partial charge in [0.1, 0.15) is 5.65 Å². The number of hydrogen-bond donors (Lipinski definition) is 1. The average Bonchev–Trinajstić information content (AvgIpc) is 3.21. The highest BCUT2D eigenvalue weighted by molar-refractivity contribution is 9.10. The Bertz CT molecular complexity index is 1460. The Kier molecular flexibility index (Phi) is 4.53. The fourth-order valence-electron chi connectivity index (χ4n) is 3.77. The van der Waals surface area contributed by atoms with E-state index in [1.54, 1.807) is 6.33 Å². The molecular weight excluding hydrogens is 474 g/mol. The zero-order valence-electron chi connectivity index (χ0n) is 16.9. The minimum Gasteiger partial charge on any atom is -0.416 e. The van der Waals surface area contributed by atoms with Crippen LogP contribution in [0.4, 0.5) is 0 Å². The molecule has 9 nitrogen and oxygen atoms in total. The smallest absolute Gasteiger partial charge is 0.309 e. The second kappa shape index (κ2) is 7.56. The highest BCUT2D eigenvalue weighted by Gasteiger charge is 2.24. The number of nitrogens with zero attached hydrogens (tertiary/aromatic N) is 6. The maximum atomic E-state index is 12.5. The molecule has 160 valence electrons. The molecular formula is C22H18BrN7O2. The first-order chi connectivity index (χ1) is 15.6. The summed E-state index contributed by atoms with van der Waals surface area (Å²) >= 11 is 3.45. The summed E-state index contributed by atoms with van der Waals surface area (Å²) in [5, 5.41) is 10.7. The van der Waals surface area contributed by atoms with Crippen molar-refractivity contribution < 1.29 is 9.21 Å². The molecule has 0 unspecified atom stereocenters. The van der Waals surface area contributed by atoms with Gasteiger partial charge in [0.2, 0.25) is 5.89 Å². The number of carbonyl (C=O) groups excluding carboxylic acids is 1. The van der Waals surface area contributed by atoms with Crippen LogP contribution in [0.25, 0.3) is 11.2 Å². The summed E-state index contributed by atoms with van der Waals surface area (Å²) < 4.78 is 10.4. The van der Waals surface area contributed by atoms with Crippen molar-refractivity contribution in [3.63, 3.8) is 0 Å². The summed E-state index contributed by atoms with van der Waals surface area (Å²) in [5.74, 6) is 0.509. The lowest BCUT2D eigenvalue weighted by molar-refractivity contribution is 0.0914. The Balaban J connectivity index is 1.13. The fraction of sp³-hybridized carbons (Fsp3) is 0.227. The molecule has 1 saturated carbocycles. The molecule has 1 N–H and O–H groups in total. The van der Waals surface area contributed by atoms with Gasteiger partial charge in [0, 0.05) is 23.1 Å². The maximum absolute atomic E-state index is 12.5. The van der Waals surface area contributed by atoms with Gasteiger partial charge in [0.15, 0.2) is 0 Å². The van der Waals surface area contributed by atoms with E-state index in [1.165, 1.54) is 18.4 Å². The number of fused-ring (bicyclic) bond motifs is 2. The number of amides is 1. The normalized spacial score (nSPS) is 13.8. The van der Waals surface area contributed by atoms with E-state index < -0.39 is 5.91 Å². The maximum Gasteiger partial charge on any atom is 0.309 e. The monoisotopic (exact) mass is 491 g/mol. The van der Waals surface area contributed by atoms with E-state index in [4.69, 9.17) is 4.42 Å². The van der Waals surface area contributed by atoms with E-state index in [0.717, 1.165) is 27.0 Å². The minimum absolute atomic E-state index is 0.0792. The summed E-state index contributed by atoms with van der Waals surface area (Å²) in [7, 11) is 0. The van der Waals surface area contributed by atoms with E-state index in [-0.39, 0.29) is 12.4 Å². The number of hydrogen-bond acceptors (Lipinski definition) is 6. The number of nitrogens with one attached hydrogen (secondary N) is 1. The molecule has 0 spiro atoms. The summed E-state index contributed by atoms with van der Waals surface area (Å²) in [6, 6.07) is 8.04. The third kappa shape index (κ3) is 3.66. The molecule has 5 heterocycles. The Morgan fingerprint density at radius 3 is 2.97 bits per heavy atom. The molecule has 32 heavy (non-hydrogen) atoms. The van der Waals surface area contributed by atoms with Gasteiger partial charge in [0.05, 0.1) is 36.2 Å². The number of imidazole rings is 2. The van der Waals surface area contributed by atoms with Crippen molar-refractivity contribution in [2.75, 3.05) is 0 Å². The van der Waals surface area contributed by atoms with Crippen molar-refractivity contribution >= 4 is 33.0 Å². The minimum atomic E-state index is -0.441. The van der Waals surface area contributed by atoms with Crippen molar-refractivity contribution in [1.29, 1.82) is 0 Å². The Labute approximate surface area is 190 Å². The molecule has 1 amide bonds. The largest absolute Gasteiger partial charge is 0.416 e. The average molecular weight is 492 g/mol. The van der Waals surface area contributed by atoms with Crippen LogP contribution >= 0.6 is 15.9 Å². The Hall–Kier alpha value is -3.53. The molecule has 0 aromatic carbocycles. The van der Waals surface area contributed by atoms with Gasteiger partial charge in [-0.2, -0.15) is 0 Å². The highest BCUT2D eigenvalue weighted by atomic mass is 79.9. The number of rotatable bonds is 6. The molecule has 5 aromatic heterocycles. The quantitative estimate of drug-likeness (QED) is 0.389. The van der Waals surface area contributed by atoms with Crippen molar-refractivity contribution in [2.45, 2.75) is 31.7 Å². The number of pyridine rings is 2. The van der Waals surface area contributed by atoms with Crippen LogP contribution in [0.15, 0.2) is 58.1 Å². The molecule has 0 radical (unpaired) electrons. The molecule has 0 atom stereocenters. The number of halogens is 1. The molecule has 0 bridgehead atoms. The third-order valence-corrected chi connectivity index (χ3v) is 6.06. The van der Waals surface area contributed by atoms with Gasteiger partial charge in [0.25, 0.3) is 0 Å². The summed E-state index contributed by atoms with van der Waals surface area (Å²) in [5.41, 5.74) is 4.68.